The van der Waals surface area contributed by atoms with Crippen LogP contribution in [0.3, 0.4) is 0 Å². The molecule has 0 aliphatic carbocycles. The molecule has 2 aliphatic rings. The first-order valence-electron chi connectivity index (χ1n) is 12.3. The molecular formula is C27H31N3O6. The predicted molar refractivity (Wildman–Crippen MR) is 133 cm³/mol. The monoisotopic (exact) mass is 493 g/mol. The lowest BCUT2D eigenvalue weighted by atomic mass is 10.00. The fourth-order valence-corrected chi connectivity index (χ4v) is 4.76. The number of carbonyl (C=O) groups excluding carboxylic acids is 1. The number of nitrogens with one attached hydrogen (secondary N) is 1. The maximum absolute atomic E-state index is 13.1. The molecule has 1 N–H and O–H groups in total. The number of rotatable bonds is 8. The van der Waals surface area contributed by atoms with Gasteiger partial charge in [0.25, 0.3) is 5.91 Å². The van der Waals surface area contributed by atoms with Crippen LogP contribution >= 0.6 is 0 Å². The van der Waals surface area contributed by atoms with Gasteiger partial charge in [0.1, 0.15) is 24.7 Å². The van der Waals surface area contributed by atoms with Crippen LogP contribution in [0.5, 0.6) is 23.0 Å². The normalized spacial score (nSPS) is 16.3. The Morgan fingerprint density at radius 3 is 2.58 bits per heavy atom. The van der Waals surface area contributed by atoms with Gasteiger partial charge in [-0.1, -0.05) is 11.6 Å². The lowest BCUT2D eigenvalue weighted by Gasteiger charge is -2.35. The summed E-state index contributed by atoms with van der Waals surface area (Å²) >= 11 is 0. The van der Waals surface area contributed by atoms with E-state index in [-0.39, 0.29) is 17.6 Å². The van der Waals surface area contributed by atoms with Crippen LogP contribution in [-0.4, -0.2) is 63.0 Å². The Kier molecular flexibility index (Phi) is 7.27. The summed E-state index contributed by atoms with van der Waals surface area (Å²) < 4.78 is 27.8. The van der Waals surface area contributed by atoms with Gasteiger partial charge in [0.05, 0.1) is 20.3 Å². The first-order valence-corrected chi connectivity index (χ1v) is 12.3. The standard InChI is InChI=1S/C27H31N3O6/c1-32-19-7-9-23(33-2)20(15-19)22(30-10-4-3-5-11-30)17-28-27(31)21-16-25(36-29-21)18-6-8-24-26(14-18)35-13-12-34-24/h6-9,14-16,22H,3-5,10-13,17H2,1-2H3,(H,28,31)/t22-/m1/s1. The van der Waals surface area contributed by atoms with Gasteiger partial charge in [-0.25, -0.2) is 0 Å². The summed E-state index contributed by atoms with van der Waals surface area (Å²) in [4.78, 5) is 15.5. The topological polar surface area (TPSA) is 95.3 Å². The van der Waals surface area contributed by atoms with Crippen LogP contribution in [-0.2, 0) is 0 Å². The number of piperidine rings is 1. The van der Waals surface area contributed by atoms with Gasteiger partial charge in [0.15, 0.2) is 23.0 Å². The molecule has 1 amide bonds. The highest BCUT2D eigenvalue weighted by Crippen LogP contribution is 2.36. The number of hydrogen-bond donors (Lipinski definition) is 1. The van der Waals surface area contributed by atoms with Gasteiger partial charge in [0.2, 0.25) is 0 Å². The minimum absolute atomic E-state index is 0.0662. The molecule has 1 aromatic heterocycles. The van der Waals surface area contributed by atoms with Gasteiger partial charge in [-0.3, -0.25) is 9.69 Å². The van der Waals surface area contributed by atoms with E-state index >= 15 is 0 Å². The molecule has 3 heterocycles. The van der Waals surface area contributed by atoms with Crippen LogP contribution in [0.2, 0.25) is 0 Å². The van der Waals surface area contributed by atoms with Crippen LogP contribution in [0.15, 0.2) is 47.0 Å². The Morgan fingerprint density at radius 2 is 1.81 bits per heavy atom. The van der Waals surface area contributed by atoms with E-state index in [4.69, 9.17) is 23.5 Å². The summed E-state index contributed by atoms with van der Waals surface area (Å²) in [6.45, 7) is 3.34. The highest BCUT2D eigenvalue weighted by Gasteiger charge is 2.27. The predicted octanol–water partition coefficient (Wildman–Crippen LogP) is 4.09. The second-order valence-corrected chi connectivity index (χ2v) is 8.87. The Labute approximate surface area is 210 Å². The van der Waals surface area contributed by atoms with Crippen LogP contribution in [0.4, 0.5) is 0 Å². The molecule has 0 radical (unpaired) electrons. The molecule has 0 spiro atoms. The van der Waals surface area contributed by atoms with Gasteiger partial charge in [-0.05, 0) is 62.3 Å². The van der Waals surface area contributed by atoms with Crippen LogP contribution in [0.1, 0.15) is 41.4 Å². The number of benzene rings is 2. The summed E-state index contributed by atoms with van der Waals surface area (Å²) in [6.07, 6.45) is 3.46. The zero-order valence-electron chi connectivity index (χ0n) is 20.6. The third-order valence-electron chi connectivity index (χ3n) is 6.65. The van der Waals surface area contributed by atoms with Gasteiger partial charge < -0.3 is 28.8 Å². The summed E-state index contributed by atoms with van der Waals surface area (Å²) in [5.41, 5.74) is 1.96. The fourth-order valence-electron chi connectivity index (χ4n) is 4.76. The average molecular weight is 494 g/mol. The lowest BCUT2D eigenvalue weighted by molar-refractivity contribution is 0.0914. The molecular weight excluding hydrogens is 462 g/mol. The maximum atomic E-state index is 13.1. The molecule has 1 atom stereocenters. The zero-order valence-corrected chi connectivity index (χ0v) is 20.6. The number of carbonyl (C=O) groups is 1. The third kappa shape index (κ3) is 5.11. The van der Waals surface area contributed by atoms with Crippen molar-refractivity contribution in [2.24, 2.45) is 0 Å². The zero-order chi connectivity index (χ0) is 24.9. The van der Waals surface area contributed by atoms with Gasteiger partial charge >= 0.3 is 0 Å². The van der Waals surface area contributed by atoms with Crippen molar-refractivity contribution in [1.29, 1.82) is 0 Å². The quantitative estimate of drug-likeness (QED) is 0.502. The van der Waals surface area contributed by atoms with Crippen molar-refractivity contribution in [3.8, 4) is 34.3 Å². The van der Waals surface area contributed by atoms with Crippen molar-refractivity contribution in [1.82, 2.24) is 15.4 Å². The summed E-state index contributed by atoms with van der Waals surface area (Å²) in [5.74, 6) is 3.05. The molecule has 5 rings (SSSR count). The van der Waals surface area contributed by atoms with E-state index in [1.165, 1.54) is 6.42 Å². The first kappa shape index (κ1) is 24.0. The van der Waals surface area contributed by atoms with Crippen LogP contribution in [0.25, 0.3) is 11.3 Å². The van der Waals surface area contributed by atoms with E-state index in [0.717, 1.165) is 48.6 Å². The van der Waals surface area contributed by atoms with E-state index in [9.17, 15) is 4.79 Å². The second kappa shape index (κ2) is 10.9. The molecule has 1 saturated heterocycles. The molecule has 0 unspecified atom stereocenters. The van der Waals surface area contributed by atoms with Gasteiger partial charge in [-0.2, -0.15) is 0 Å². The number of ether oxygens (including phenoxy) is 4. The second-order valence-electron chi connectivity index (χ2n) is 8.87. The molecule has 9 nitrogen and oxygen atoms in total. The summed E-state index contributed by atoms with van der Waals surface area (Å²) in [5, 5.41) is 7.07. The summed E-state index contributed by atoms with van der Waals surface area (Å²) in [6, 6.07) is 12.9. The van der Waals surface area contributed by atoms with Gasteiger partial charge in [-0.15, -0.1) is 0 Å². The van der Waals surface area contributed by atoms with Crippen molar-refractivity contribution in [3.05, 3.63) is 53.7 Å². The summed E-state index contributed by atoms with van der Waals surface area (Å²) in [7, 11) is 3.30. The highest BCUT2D eigenvalue weighted by atomic mass is 16.6. The third-order valence-corrected chi connectivity index (χ3v) is 6.65. The van der Waals surface area contributed by atoms with Crippen molar-refractivity contribution >= 4 is 5.91 Å². The molecule has 0 bridgehead atoms. The van der Waals surface area contributed by atoms with E-state index in [1.807, 2.05) is 36.4 Å². The Balaban J connectivity index is 1.33. The fraction of sp³-hybridized carbons (Fsp3) is 0.407. The minimum Gasteiger partial charge on any atom is -0.497 e. The highest BCUT2D eigenvalue weighted by molar-refractivity contribution is 5.93. The molecule has 9 heteroatoms. The number of amides is 1. The largest absolute Gasteiger partial charge is 0.497 e. The number of hydrogen-bond acceptors (Lipinski definition) is 8. The first-order chi connectivity index (χ1) is 17.7. The molecule has 3 aromatic rings. The Bertz CT molecular complexity index is 1200. The van der Waals surface area contributed by atoms with Crippen LogP contribution in [0, 0.1) is 0 Å². The smallest absolute Gasteiger partial charge is 0.273 e. The minimum atomic E-state index is -0.300. The number of likely N-dealkylation sites (tertiary alicyclic amines) is 1. The van der Waals surface area contributed by atoms with E-state index in [1.54, 1.807) is 20.3 Å². The number of nitrogens with zero attached hydrogens (tertiary/aromatic N) is 2. The van der Waals surface area contributed by atoms with E-state index in [0.29, 0.717) is 37.0 Å². The molecule has 2 aromatic carbocycles. The van der Waals surface area contributed by atoms with E-state index in [2.05, 4.69) is 15.4 Å². The average Bonchev–Trinajstić information content (AvgIpc) is 3.44. The van der Waals surface area contributed by atoms with Crippen molar-refractivity contribution < 1.29 is 28.3 Å². The van der Waals surface area contributed by atoms with Crippen molar-refractivity contribution in [2.75, 3.05) is 47.1 Å². The molecule has 190 valence electrons. The molecule has 1 fully saturated rings. The number of fused-ring (bicyclic) bond motifs is 1. The van der Waals surface area contributed by atoms with Gasteiger partial charge in [0, 0.05) is 23.7 Å². The molecule has 0 saturated carbocycles. The van der Waals surface area contributed by atoms with Crippen molar-refractivity contribution in [3.63, 3.8) is 0 Å². The van der Waals surface area contributed by atoms with Crippen LogP contribution < -0.4 is 24.3 Å². The SMILES string of the molecule is COc1ccc(OC)c([C@@H](CNC(=O)c2cc(-c3ccc4c(c3)OCCO4)on2)N2CCCCC2)c1. The number of aromatic nitrogens is 1. The number of methoxy groups -OCH3 is 2. The molecule has 36 heavy (non-hydrogen) atoms. The van der Waals surface area contributed by atoms with E-state index < -0.39 is 0 Å². The Hall–Kier alpha value is -3.72. The van der Waals surface area contributed by atoms with Crippen molar-refractivity contribution in [2.45, 2.75) is 25.3 Å². The Morgan fingerprint density at radius 1 is 1.00 bits per heavy atom. The molecule has 2 aliphatic heterocycles. The maximum Gasteiger partial charge on any atom is 0.273 e. The lowest BCUT2D eigenvalue weighted by Crippen LogP contribution is -2.40.